The molecule has 1 fully saturated rings. The molecule has 1 aliphatic rings. The number of esters is 1. The van der Waals surface area contributed by atoms with Crippen molar-refractivity contribution in [3.8, 4) is 0 Å². The Morgan fingerprint density at radius 2 is 1.83 bits per heavy atom. The normalized spacial score (nSPS) is 16.1. The molecule has 0 radical (unpaired) electrons. The number of rotatable bonds is 7. The van der Waals surface area contributed by atoms with E-state index < -0.39 is 44.9 Å². The minimum atomic E-state index is -4.10. The van der Waals surface area contributed by atoms with E-state index in [-0.39, 0.29) is 29.9 Å². The highest BCUT2D eigenvalue weighted by molar-refractivity contribution is 7.89. The maximum atomic E-state index is 14.2. The predicted octanol–water partition coefficient (Wildman–Crippen LogP) is 2.60. The van der Waals surface area contributed by atoms with Crippen LogP contribution in [0.4, 0.5) is 4.39 Å². The van der Waals surface area contributed by atoms with E-state index in [9.17, 15) is 27.5 Å². The molecule has 0 aliphatic carbocycles. The van der Waals surface area contributed by atoms with Crippen molar-refractivity contribution < 1.29 is 32.2 Å². The van der Waals surface area contributed by atoms with E-state index in [1.165, 1.54) is 11.2 Å². The van der Waals surface area contributed by atoms with E-state index in [1.54, 1.807) is 0 Å². The van der Waals surface area contributed by atoms with Crippen LogP contribution in [-0.2, 0) is 19.6 Å². The van der Waals surface area contributed by atoms with Gasteiger partial charge in [-0.25, -0.2) is 17.6 Å². The van der Waals surface area contributed by atoms with Crippen molar-refractivity contribution in [3.63, 3.8) is 0 Å². The van der Waals surface area contributed by atoms with Crippen molar-refractivity contribution in [2.75, 3.05) is 19.7 Å². The van der Waals surface area contributed by atoms with Crippen molar-refractivity contribution >= 4 is 27.5 Å². The van der Waals surface area contributed by atoms with E-state index >= 15 is 0 Å². The first kappa shape index (κ1) is 22.7. The molecule has 0 spiro atoms. The van der Waals surface area contributed by atoms with Gasteiger partial charge in [0.05, 0.1) is 11.1 Å². The van der Waals surface area contributed by atoms with Gasteiger partial charge in [-0.1, -0.05) is 6.42 Å². The zero-order valence-corrected chi connectivity index (χ0v) is 17.0. The second-order valence-electron chi connectivity index (χ2n) is 6.69. The molecule has 0 unspecified atom stereocenters. The minimum absolute atomic E-state index is 0.192. The van der Waals surface area contributed by atoms with E-state index in [2.05, 4.69) is 0 Å². The molecule has 0 aromatic heterocycles. The summed E-state index contributed by atoms with van der Waals surface area (Å²) in [5, 5.41) is 17.4. The van der Waals surface area contributed by atoms with Crippen molar-refractivity contribution in [3.05, 3.63) is 40.9 Å². The third-order valence-corrected chi connectivity index (χ3v) is 6.37. The highest BCUT2D eigenvalue weighted by Gasteiger charge is 2.29. The molecule has 1 saturated heterocycles. The topological polar surface area (TPSA) is 125 Å². The number of allylic oxidation sites excluding steroid dienone is 1. The SMILES string of the molecule is CC(=N)/C(C(C)=O)=C(/O)COC(=O)c1ccc(F)c(S(=O)(=O)N2CCCCC2)c1. The summed E-state index contributed by atoms with van der Waals surface area (Å²) in [5.41, 5.74) is -0.682. The lowest BCUT2D eigenvalue weighted by atomic mass is 10.1. The molecule has 0 amide bonds. The lowest BCUT2D eigenvalue weighted by Crippen LogP contribution is -2.36. The zero-order valence-electron chi connectivity index (χ0n) is 16.2. The second-order valence-corrected chi connectivity index (χ2v) is 8.60. The smallest absolute Gasteiger partial charge is 0.338 e. The zero-order chi connectivity index (χ0) is 21.8. The average Bonchev–Trinajstić information content (AvgIpc) is 2.66. The van der Waals surface area contributed by atoms with Gasteiger partial charge in [0.15, 0.2) is 5.78 Å². The molecule has 1 heterocycles. The molecular formula is C19H23FN2O6S. The number of hydrogen-bond acceptors (Lipinski definition) is 7. The Balaban J connectivity index is 2.24. The van der Waals surface area contributed by atoms with E-state index in [1.807, 2.05) is 0 Å². The van der Waals surface area contributed by atoms with Gasteiger partial charge in [-0.3, -0.25) is 4.79 Å². The molecule has 29 heavy (non-hydrogen) atoms. The fourth-order valence-corrected chi connectivity index (χ4v) is 4.65. The van der Waals surface area contributed by atoms with Gasteiger partial charge in [0.1, 0.15) is 23.1 Å². The molecule has 2 N–H and O–H groups in total. The number of aliphatic hydroxyl groups is 1. The van der Waals surface area contributed by atoms with Crippen molar-refractivity contribution in [2.24, 2.45) is 0 Å². The number of Topliss-reactive ketones (excluding diaryl/α,β-unsaturated/α-hetero) is 1. The standard InChI is InChI=1S/C19H23FN2O6S/c1-12(21)18(13(2)23)16(24)11-28-19(25)14-6-7-15(20)17(10-14)29(26,27)22-8-4-3-5-9-22/h6-7,10,21,24H,3-5,8-9,11H2,1-2H3/b18-16-,21-12?. The number of nitrogens with one attached hydrogen (secondary N) is 1. The van der Waals surface area contributed by atoms with Gasteiger partial charge >= 0.3 is 5.97 Å². The summed E-state index contributed by atoms with van der Waals surface area (Å²) >= 11 is 0. The van der Waals surface area contributed by atoms with Crippen LogP contribution >= 0.6 is 0 Å². The Kier molecular flexibility index (Phi) is 7.26. The number of sulfonamides is 1. The highest BCUT2D eigenvalue weighted by Crippen LogP contribution is 2.24. The van der Waals surface area contributed by atoms with Crippen LogP contribution < -0.4 is 0 Å². The van der Waals surface area contributed by atoms with Crippen molar-refractivity contribution in [2.45, 2.75) is 38.0 Å². The van der Waals surface area contributed by atoms with Gasteiger partial charge in [-0.2, -0.15) is 4.31 Å². The number of ether oxygens (including phenoxy) is 1. The van der Waals surface area contributed by atoms with Gasteiger partial charge < -0.3 is 15.3 Å². The first-order valence-corrected chi connectivity index (χ1v) is 10.4. The minimum Gasteiger partial charge on any atom is -0.508 e. The Morgan fingerprint density at radius 3 is 2.38 bits per heavy atom. The largest absolute Gasteiger partial charge is 0.508 e. The van der Waals surface area contributed by atoms with Gasteiger partial charge in [-0.05, 0) is 44.9 Å². The molecule has 1 aromatic carbocycles. The van der Waals surface area contributed by atoms with Gasteiger partial charge in [0.2, 0.25) is 10.0 Å². The van der Waals surface area contributed by atoms with Gasteiger partial charge in [0.25, 0.3) is 0 Å². The maximum absolute atomic E-state index is 14.2. The molecule has 1 aliphatic heterocycles. The van der Waals surface area contributed by atoms with Crippen molar-refractivity contribution in [1.29, 1.82) is 5.41 Å². The summed E-state index contributed by atoms with van der Waals surface area (Å²) < 4.78 is 45.7. The summed E-state index contributed by atoms with van der Waals surface area (Å²) in [7, 11) is -4.10. The lowest BCUT2D eigenvalue weighted by molar-refractivity contribution is -0.113. The van der Waals surface area contributed by atoms with Crippen LogP contribution in [-0.4, -0.2) is 55.0 Å². The number of carbonyl (C=O) groups excluding carboxylic acids is 2. The van der Waals surface area contributed by atoms with Crippen LogP contribution in [0.3, 0.4) is 0 Å². The fourth-order valence-electron chi connectivity index (χ4n) is 3.05. The van der Waals surface area contributed by atoms with E-state index in [0.29, 0.717) is 12.8 Å². The Labute approximate surface area is 168 Å². The first-order valence-electron chi connectivity index (χ1n) is 9.01. The van der Waals surface area contributed by atoms with Crippen molar-refractivity contribution in [1.82, 2.24) is 4.31 Å². The number of carbonyl (C=O) groups is 2. The number of ketones is 1. The molecule has 10 heteroatoms. The average molecular weight is 426 g/mol. The third kappa shape index (κ3) is 5.27. The third-order valence-electron chi connectivity index (χ3n) is 4.46. The predicted molar refractivity (Wildman–Crippen MR) is 103 cm³/mol. The maximum Gasteiger partial charge on any atom is 0.338 e. The summed E-state index contributed by atoms with van der Waals surface area (Å²) in [6.45, 7) is 2.34. The van der Waals surface area contributed by atoms with Crippen LogP contribution in [0.5, 0.6) is 0 Å². The monoisotopic (exact) mass is 426 g/mol. The van der Waals surface area contributed by atoms with Crippen LogP contribution in [0.1, 0.15) is 43.5 Å². The van der Waals surface area contributed by atoms with Crippen LogP contribution in [0.2, 0.25) is 0 Å². The summed E-state index contributed by atoms with van der Waals surface area (Å²) in [6, 6.07) is 2.84. The second kappa shape index (κ2) is 9.27. The van der Waals surface area contributed by atoms with Gasteiger partial charge in [-0.15, -0.1) is 0 Å². The number of benzene rings is 1. The number of hydrogen-bond donors (Lipinski definition) is 2. The van der Waals surface area contributed by atoms with Crippen LogP contribution in [0, 0.1) is 11.2 Å². The first-order chi connectivity index (χ1) is 13.6. The molecule has 0 saturated carbocycles. The van der Waals surface area contributed by atoms with Crippen LogP contribution in [0.25, 0.3) is 0 Å². The van der Waals surface area contributed by atoms with E-state index in [4.69, 9.17) is 10.1 Å². The summed E-state index contributed by atoms with van der Waals surface area (Å²) in [6.07, 6.45) is 2.26. The number of nitrogens with zero attached hydrogens (tertiary/aromatic N) is 1. The number of halogens is 1. The molecule has 0 atom stereocenters. The van der Waals surface area contributed by atoms with Crippen LogP contribution in [0.15, 0.2) is 34.4 Å². The fraction of sp³-hybridized carbons (Fsp3) is 0.421. The molecular weight excluding hydrogens is 403 g/mol. The quantitative estimate of drug-likeness (QED) is 0.299. The molecule has 8 nitrogen and oxygen atoms in total. The number of aliphatic hydroxyl groups excluding tert-OH is 1. The lowest BCUT2D eigenvalue weighted by Gasteiger charge is -2.26. The van der Waals surface area contributed by atoms with Gasteiger partial charge in [0, 0.05) is 18.8 Å². The Morgan fingerprint density at radius 1 is 1.21 bits per heavy atom. The molecule has 1 aromatic rings. The Hall–Kier alpha value is -2.59. The summed E-state index contributed by atoms with van der Waals surface area (Å²) in [4.78, 5) is 23.1. The summed E-state index contributed by atoms with van der Waals surface area (Å²) in [5.74, 6) is -3.14. The molecule has 158 valence electrons. The molecule has 2 rings (SSSR count). The Bertz CT molecular complexity index is 949. The highest BCUT2D eigenvalue weighted by atomic mass is 32.2. The van der Waals surface area contributed by atoms with E-state index in [0.717, 1.165) is 31.5 Å². The molecule has 0 bridgehead atoms. The number of piperidine rings is 1.